The molecule has 3 rings (SSSR count). The Kier molecular flexibility index (Phi) is 5.73. The van der Waals surface area contributed by atoms with Crippen molar-refractivity contribution < 1.29 is 19.4 Å². The largest absolute Gasteiger partial charge is 0.489 e. The number of nitrogens with zero attached hydrogens (tertiary/aromatic N) is 1. The summed E-state index contributed by atoms with van der Waals surface area (Å²) < 4.78 is 6.01. The van der Waals surface area contributed by atoms with Crippen molar-refractivity contribution in [3.8, 4) is 5.75 Å². The van der Waals surface area contributed by atoms with Crippen LogP contribution >= 0.6 is 24.0 Å². The number of para-hydroxylation sites is 1. The quantitative estimate of drug-likeness (QED) is 0.444. The molecule has 0 spiro atoms. The maximum Gasteiger partial charge on any atom is 0.335 e. The van der Waals surface area contributed by atoms with E-state index in [9.17, 15) is 9.59 Å². The van der Waals surface area contributed by atoms with Crippen LogP contribution < -0.4 is 9.64 Å². The van der Waals surface area contributed by atoms with Crippen LogP contribution in [0.5, 0.6) is 5.75 Å². The average molecular weight is 397 g/mol. The topological polar surface area (TPSA) is 66.8 Å². The van der Waals surface area contributed by atoms with Gasteiger partial charge in [0.1, 0.15) is 12.4 Å². The van der Waals surface area contributed by atoms with Gasteiger partial charge in [-0.1, -0.05) is 54.8 Å². The van der Waals surface area contributed by atoms with Crippen LogP contribution in [0.2, 0.25) is 0 Å². The molecule has 2 aromatic carbocycles. The number of carbonyl (C=O) groups is 2. The molecule has 1 heterocycles. The van der Waals surface area contributed by atoms with E-state index in [4.69, 9.17) is 22.1 Å². The van der Waals surface area contributed by atoms with Gasteiger partial charge in [0.2, 0.25) is 0 Å². The minimum Gasteiger partial charge on any atom is -0.489 e. The Balaban J connectivity index is 1.89. The number of aromatic carboxylic acids is 1. The molecular formula is C20H15NO4S2. The van der Waals surface area contributed by atoms with Crippen LogP contribution in [0, 0.1) is 0 Å². The predicted molar refractivity (Wildman–Crippen MR) is 111 cm³/mol. The second kappa shape index (κ2) is 8.20. The molecule has 1 fully saturated rings. The Morgan fingerprint density at radius 1 is 1.22 bits per heavy atom. The third kappa shape index (κ3) is 4.10. The summed E-state index contributed by atoms with van der Waals surface area (Å²) in [6.45, 7) is 3.99. The monoisotopic (exact) mass is 397 g/mol. The normalized spacial score (nSPS) is 15.3. The molecule has 1 aliphatic rings. The zero-order valence-corrected chi connectivity index (χ0v) is 15.8. The van der Waals surface area contributed by atoms with Gasteiger partial charge in [0.25, 0.3) is 5.91 Å². The molecule has 1 aliphatic heterocycles. The first-order chi connectivity index (χ1) is 13.0. The second-order valence-electron chi connectivity index (χ2n) is 5.51. The van der Waals surface area contributed by atoms with Gasteiger partial charge < -0.3 is 9.84 Å². The lowest BCUT2D eigenvalue weighted by Crippen LogP contribution is -2.27. The summed E-state index contributed by atoms with van der Waals surface area (Å²) >= 11 is 6.54. The van der Waals surface area contributed by atoms with E-state index in [0.29, 0.717) is 27.3 Å². The number of hydrogen-bond acceptors (Lipinski definition) is 5. The molecule has 0 aromatic heterocycles. The summed E-state index contributed by atoms with van der Waals surface area (Å²) in [6.07, 6.45) is 3.39. The van der Waals surface area contributed by atoms with Gasteiger partial charge in [0, 0.05) is 5.56 Å². The molecule has 136 valence electrons. The molecule has 2 aromatic rings. The average Bonchev–Trinajstić information content (AvgIpc) is 2.94. The van der Waals surface area contributed by atoms with E-state index in [2.05, 4.69) is 6.58 Å². The summed E-state index contributed by atoms with van der Waals surface area (Å²) in [5, 5.41) is 9.00. The molecule has 0 bridgehead atoms. The maximum absolute atomic E-state index is 12.8. The van der Waals surface area contributed by atoms with E-state index < -0.39 is 5.97 Å². The van der Waals surface area contributed by atoms with E-state index in [1.807, 2.05) is 24.3 Å². The van der Waals surface area contributed by atoms with Crippen molar-refractivity contribution in [1.29, 1.82) is 0 Å². The molecule has 5 nitrogen and oxygen atoms in total. The molecule has 1 amide bonds. The number of ether oxygens (including phenoxy) is 1. The Labute approximate surface area is 165 Å². The van der Waals surface area contributed by atoms with Gasteiger partial charge in [-0.25, -0.2) is 4.79 Å². The zero-order valence-electron chi connectivity index (χ0n) is 14.1. The third-order valence-electron chi connectivity index (χ3n) is 3.73. The van der Waals surface area contributed by atoms with Gasteiger partial charge in [-0.05, 0) is 36.4 Å². The number of amides is 1. The van der Waals surface area contributed by atoms with Gasteiger partial charge in [0.05, 0.1) is 16.2 Å². The fourth-order valence-electron chi connectivity index (χ4n) is 2.46. The van der Waals surface area contributed by atoms with E-state index in [-0.39, 0.29) is 11.5 Å². The number of carboxylic acids is 1. The van der Waals surface area contributed by atoms with E-state index in [0.717, 1.165) is 5.56 Å². The summed E-state index contributed by atoms with van der Waals surface area (Å²) in [6, 6.07) is 13.4. The van der Waals surface area contributed by atoms with Crippen LogP contribution in [0.1, 0.15) is 15.9 Å². The lowest BCUT2D eigenvalue weighted by atomic mass is 10.1. The van der Waals surface area contributed by atoms with Crippen molar-refractivity contribution in [2.24, 2.45) is 0 Å². The molecule has 27 heavy (non-hydrogen) atoms. The van der Waals surface area contributed by atoms with Crippen molar-refractivity contribution in [3.63, 3.8) is 0 Å². The van der Waals surface area contributed by atoms with Crippen LogP contribution in [0.25, 0.3) is 6.08 Å². The number of hydrogen-bond donors (Lipinski definition) is 1. The van der Waals surface area contributed by atoms with Crippen LogP contribution in [-0.4, -0.2) is 27.9 Å². The highest BCUT2D eigenvalue weighted by molar-refractivity contribution is 8.27. The van der Waals surface area contributed by atoms with Crippen molar-refractivity contribution in [3.05, 3.63) is 77.2 Å². The summed E-state index contributed by atoms with van der Waals surface area (Å²) in [5.74, 6) is -0.636. The zero-order chi connectivity index (χ0) is 19.4. The highest BCUT2D eigenvalue weighted by Gasteiger charge is 2.33. The summed E-state index contributed by atoms with van der Waals surface area (Å²) in [7, 11) is 0. The van der Waals surface area contributed by atoms with Crippen molar-refractivity contribution in [2.45, 2.75) is 0 Å². The first-order valence-electron chi connectivity index (χ1n) is 7.95. The number of anilines is 1. The predicted octanol–water partition coefficient (Wildman–Crippen LogP) is 4.36. The van der Waals surface area contributed by atoms with Crippen molar-refractivity contribution in [2.75, 3.05) is 11.5 Å². The molecule has 0 unspecified atom stereocenters. The third-order valence-corrected chi connectivity index (χ3v) is 5.03. The molecule has 1 N–H and O–H groups in total. The Bertz CT molecular complexity index is 951. The van der Waals surface area contributed by atoms with Gasteiger partial charge >= 0.3 is 5.97 Å². The standard InChI is InChI=1S/C20H15NO4S2/c1-2-11-25-16-6-4-3-5-14(16)12-17-18(22)21(20(26)27-17)15-9-7-13(8-10-15)19(23)24/h2-10,12H,1,11H2,(H,23,24)/b17-12+. The van der Waals surface area contributed by atoms with Crippen molar-refractivity contribution in [1.82, 2.24) is 0 Å². The number of rotatable bonds is 6. The van der Waals surface area contributed by atoms with E-state index >= 15 is 0 Å². The summed E-state index contributed by atoms with van der Waals surface area (Å²) in [4.78, 5) is 25.7. The van der Waals surface area contributed by atoms with Crippen LogP contribution in [0.4, 0.5) is 5.69 Å². The fraction of sp³-hybridized carbons (Fsp3) is 0.0500. The number of carboxylic acid groups (broad SMARTS) is 1. The SMILES string of the molecule is C=CCOc1ccccc1/C=C1/SC(=S)N(c2ccc(C(=O)O)cc2)C1=O. The minimum atomic E-state index is -1.03. The molecule has 0 saturated carbocycles. The molecule has 7 heteroatoms. The van der Waals surface area contributed by atoms with Crippen molar-refractivity contribution >= 4 is 51.9 Å². The number of carbonyl (C=O) groups excluding carboxylic acids is 1. The highest BCUT2D eigenvalue weighted by Crippen LogP contribution is 2.37. The second-order valence-corrected chi connectivity index (χ2v) is 7.18. The van der Waals surface area contributed by atoms with Crippen LogP contribution in [0.3, 0.4) is 0 Å². The smallest absolute Gasteiger partial charge is 0.335 e. The van der Waals surface area contributed by atoms with Crippen LogP contribution in [0.15, 0.2) is 66.1 Å². The highest BCUT2D eigenvalue weighted by atomic mass is 32.2. The molecule has 1 saturated heterocycles. The number of thioether (sulfide) groups is 1. The van der Waals surface area contributed by atoms with Gasteiger partial charge in [-0.15, -0.1) is 0 Å². The lowest BCUT2D eigenvalue weighted by Gasteiger charge is -2.14. The first-order valence-corrected chi connectivity index (χ1v) is 9.18. The molecular weight excluding hydrogens is 382 g/mol. The first kappa shape index (κ1) is 18.9. The maximum atomic E-state index is 12.8. The Morgan fingerprint density at radius 3 is 2.59 bits per heavy atom. The Morgan fingerprint density at radius 2 is 1.93 bits per heavy atom. The van der Waals surface area contributed by atoms with E-state index in [1.54, 1.807) is 24.3 Å². The molecule has 0 aliphatic carbocycles. The number of thiocarbonyl (C=S) groups is 1. The van der Waals surface area contributed by atoms with Gasteiger partial charge in [-0.3, -0.25) is 9.69 Å². The van der Waals surface area contributed by atoms with Gasteiger partial charge in [-0.2, -0.15) is 0 Å². The summed E-state index contributed by atoms with van der Waals surface area (Å²) in [5.41, 5.74) is 1.44. The minimum absolute atomic E-state index is 0.146. The lowest BCUT2D eigenvalue weighted by molar-refractivity contribution is -0.113. The van der Waals surface area contributed by atoms with Gasteiger partial charge in [0.15, 0.2) is 4.32 Å². The fourth-order valence-corrected chi connectivity index (χ4v) is 3.75. The number of benzene rings is 2. The van der Waals surface area contributed by atoms with E-state index in [1.165, 1.54) is 28.8 Å². The van der Waals surface area contributed by atoms with Crippen LogP contribution in [-0.2, 0) is 4.79 Å². The molecule has 0 atom stereocenters. The Hall–Kier alpha value is -2.90. The molecule has 0 radical (unpaired) electrons.